The predicted molar refractivity (Wildman–Crippen MR) is 67.4 cm³/mol. The third kappa shape index (κ3) is 6.54. The highest BCUT2D eigenvalue weighted by Crippen LogP contribution is 2.03. The highest BCUT2D eigenvalue weighted by Gasteiger charge is 2.35. The van der Waals surface area contributed by atoms with Gasteiger partial charge in [-0.25, -0.2) is 4.79 Å². The first-order chi connectivity index (χ1) is 7.92. The molecule has 1 heterocycles. The smallest absolute Gasteiger partial charge is 0.340 e. The number of rotatable bonds is 4. The van der Waals surface area contributed by atoms with Crippen molar-refractivity contribution in [3.63, 3.8) is 0 Å². The molecule has 0 aromatic rings. The zero-order valence-electron chi connectivity index (χ0n) is 10.4. The summed E-state index contributed by atoms with van der Waals surface area (Å²) in [7, 11) is 0. The van der Waals surface area contributed by atoms with Crippen LogP contribution in [0.3, 0.4) is 0 Å². The van der Waals surface area contributed by atoms with Crippen molar-refractivity contribution in [1.29, 1.82) is 0 Å². The van der Waals surface area contributed by atoms with E-state index in [1.165, 1.54) is 0 Å². The molecule has 1 atom stereocenters. The van der Waals surface area contributed by atoms with Crippen molar-refractivity contribution in [3.05, 3.63) is 0 Å². The van der Waals surface area contributed by atoms with Gasteiger partial charge < -0.3 is 32.9 Å². The second-order valence-electron chi connectivity index (χ2n) is 4.13. The Morgan fingerprint density at radius 1 is 1.29 bits per heavy atom. The van der Waals surface area contributed by atoms with Gasteiger partial charge in [-0.1, -0.05) is 13.3 Å². The Morgan fingerprint density at radius 3 is 1.94 bits per heavy atom. The van der Waals surface area contributed by atoms with Gasteiger partial charge in [0.1, 0.15) is 0 Å². The molecule has 1 rings (SSSR count). The van der Waals surface area contributed by atoms with Gasteiger partial charge >= 0.3 is 5.97 Å². The molecular weight excluding hydrogens is 222 g/mol. The van der Waals surface area contributed by atoms with Crippen LogP contribution < -0.4 is 27.8 Å². The molecule has 102 valence electrons. The minimum Gasteiger partial charge on any atom is -0.479 e. The van der Waals surface area contributed by atoms with Crippen LogP contribution in [0.4, 0.5) is 0 Å². The molecule has 0 aliphatic carbocycles. The SMILES string of the molecule is C1CNCCN1.CCCC(N)C(N)(N)C(=O)O. The highest BCUT2D eigenvalue weighted by molar-refractivity contribution is 5.78. The van der Waals surface area contributed by atoms with E-state index in [0.29, 0.717) is 6.42 Å². The first kappa shape index (κ1) is 16.3. The van der Waals surface area contributed by atoms with Crippen LogP contribution in [0.25, 0.3) is 0 Å². The summed E-state index contributed by atoms with van der Waals surface area (Å²) in [6.07, 6.45) is 1.28. The van der Waals surface area contributed by atoms with Crippen molar-refractivity contribution in [1.82, 2.24) is 10.6 Å². The summed E-state index contributed by atoms with van der Waals surface area (Å²) in [4.78, 5) is 10.4. The Kier molecular flexibility index (Phi) is 8.01. The van der Waals surface area contributed by atoms with Crippen LogP contribution in [0.1, 0.15) is 19.8 Å². The fourth-order valence-electron chi connectivity index (χ4n) is 1.31. The lowest BCUT2D eigenvalue weighted by atomic mass is 9.99. The van der Waals surface area contributed by atoms with Gasteiger partial charge in [0, 0.05) is 32.2 Å². The largest absolute Gasteiger partial charge is 0.479 e. The Bertz CT molecular complexity index is 207. The van der Waals surface area contributed by atoms with Crippen molar-refractivity contribution in [2.24, 2.45) is 17.2 Å². The second-order valence-corrected chi connectivity index (χ2v) is 4.13. The molecule has 0 aromatic carbocycles. The molecule has 9 N–H and O–H groups in total. The van der Waals surface area contributed by atoms with Crippen molar-refractivity contribution >= 4 is 5.97 Å². The Labute approximate surface area is 102 Å². The lowest BCUT2D eigenvalue weighted by Crippen LogP contribution is -2.67. The summed E-state index contributed by atoms with van der Waals surface area (Å²) in [6, 6.07) is -0.690. The van der Waals surface area contributed by atoms with E-state index in [9.17, 15) is 4.79 Å². The third-order valence-corrected chi connectivity index (χ3v) is 2.54. The molecule has 0 spiro atoms. The normalized spacial score (nSPS) is 17.9. The minimum absolute atomic E-state index is 0.513. The van der Waals surface area contributed by atoms with Gasteiger partial charge in [0.25, 0.3) is 0 Å². The van der Waals surface area contributed by atoms with Gasteiger partial charge in [-0.2, -0.15) is 0 Å². The van der Waals surface area contributed by atoms with E-state index in [2.05, 4.69) is 10.6 Å². The first-order valence-corrected chi connectivity index (χ1v) is 5.91. The molecule has 0 saturated carbocycles. The van der Waals surface area contributed by atoms with Crippen molar-refractivity contribution in [3.8, 4) is 0 Å². The zero-order valence-corrected chi connectivity index (χ0v) is 10.4. The molecule has 7 nitrogen and oxygen atoms in total. The van der Waals surface area contributed by atoms with Crippen molar-refractivity contribution in [2.45, 2.75) is 31.5 Å². The topological polar surface area (TPSA) is 139 Å². The van der Waals surface area contributed by atoms with E-state index < -0.39 is 17.7 Å². The lowest BCUT2D eigenvalue weighted by Gasteiger charge is -2.25. The van der Waals surface area contributed by atoms with E-state index in [-0.39, 0.29) is 0 Å². The van der Waals surface area contributed by atoms with Crippen molar-refractivity contribution in [2.75, 3.05) is 26.2 Å². The molecule has 1 aliphatic rings. The molecule has 0 amide bonds. The number of carboxylic acid groups (broad SMARTS) is 1. The third-order valence-electron chi connectivity index (χ3n) is 2.54. The maximum absolute atomic E-state index is 10.4. The summed E-state index contributed by atoms with van der Waals surface area (Å²) in [5.74, 6) is -1.27. The lowest BCUT2D eigenvalue weighted by molar-refractivity contribution is -0.144. The van der Waals surface area contributed by atoms with Gasteiger partial charge in [0.05, 0.1) is 0 Å². The highest BCUT2D eigenvalue weighted by atomic mass is 16.4. The zero-order chi connectivity index (χ0) is 13.3. The number of piperazine rings is 1. The maximum Gasteiger partial charge on any atom is 0.340 e. The summed E-state index contributed by atoms with van der Waals surface area (Å²) >= 11 is 0. The van der Waals surface area contributed by atoms with E-state index >= 15 is 0 Å². The molecule has 1 saturated heterocycles. The molecule has 0 bridgehead atoms. The summed E-state index contributed by atoms with van der Waals surface area (Å²) in [5.41, 5.74) is 14.1. The van der Waals surface area contributed by atoms with Crippen LogP contribution in [0, 0.1) is 0 Å². The van der Waals surface area contributed by atoms with Crippen LogP contribution >= 0.6 is 0 Å². The van der Waals surface area contributed by atoms with E-state index in [0.717, 1.165) is 32.6 Å². The number of nitrogens with one attached hydrogen (secondary N) is 2. The fourth-order valence-corrected chi connectivity index (χ4v) is 1.31. The quantitative estimate of drug-likeness (QED) is 0.315. The van der Waals surface area contributed by atoms with Gasteiger partial charge in [0.2, 0.25) is 0 Å². The van der Waals surface area contributed by atoms with Crippen molar-refractivity contribution < 1.29 is 9.90 Å². The van der Waals surface area contributed by atoms with E-state index in [1.807, 2.05) is 6.92 Å². The monoisotopic (exact) mass is 247 g/mol. The molecule has 1 fully saturated rings. The molecule has 7 heteroatoms. The predicted octanol–water partition coefficient (Wildman–Crippen LogP) is -2.01. The van der Waals surface area contributed by atoms with Crippen LogP contribution in [0.5, 0.6) is 0 Å². The van der Waals surface area contributed by atoms with Crippen LogP contribution in [0.15, 0.2) is 0 Å². The molecule has 1 aliphatic heterocycles. The van der Waals surface area contributed by atoms with Crippen LogP contribution in [-0.2, 0) is 4.79 Å². The average Bonchev–Trinajstić information content (AvgIpc) is 2.32. The minimum atomic E-state index is -1.80. The second kappa shape index (κ2) is 8.37. The summed E-state index contributed by atoms with van der Waals surface area (Å²) in [6.45, 7) is 6.44. The Balaban J connectivity index is 0.000000354. The van der Waals surface area contributed by atoms with Gasteiger partial charge in [-0.3, -0.25) is 0 Å². The molecule has 0 aromatic heterocycles. The Hall–Kier alpha value is -0.730. The van der Waals surface area contributed by atoms with Gasteiger partial charge in [-0.05, 0) is 6.42 Å². The van der Waals surface area contributed by atoms with E-state index in [1.54, 1.807) is 0 Å². The average molecular weight is 247 g/mol. The number of carboxylic acids is 1. The number of nitrogens with two attached hydrogens (primary N) is 3. The van der Waals surface area contributed by atoms with E-state index in [4.69, 9.17) is 22.3 Å². The molecule has 17 heavy (non-hydrogen) atoms. The number of hydrogen-bond acceptors (Lipinski definition) is 6. The standard InChI is InChI=1S/C6H15N3O2.C4H10N2/c1-2-3-4(7)6(8,9)5(10)11;1-2-6-4-3-5-1/h4H,2-3,7-9H2,1H3,(H,10,11);5-6H,1-4H2. The molecule has 1 unspecified atom stereocenters. The first-order valence-electron chi connectivity index (χ1n) is 5.91. The number of carbonyl (C=O) groups is 1. The molecular formula is C10H25N5O2. The fraction of sp³-hybridized carbons (Fsp3) is 0.900. The van der Waals surface area contributed by atoms with Gasteiger partial charge in [0.15, 0.2) is 5.66 Å². The molecule has 0 radical (unpaired) electrons. The number of hydrogen-bond donors (Lipinski definition) is 6. The van der Waals surface area contributed by atoms with Gasteiger partial charge in [-0.15, -0.1) is 0 Å². The summed E-state index contributed by atoms with van der Waals surface area (Å²) < 4.78 is 0. The summed E-state index contributed by atoms with van der Waals surface area (Å²) in [5, 5.41) is 15.0. The maximum atomic E-state index is 10.4. The van der Waals surface area contributed by atoms with Crippen LogP contribution in [-0.4, -0.2) is 49.0 Å². The Morgan fingerprint density at radius 2 is 1.71 bits per heavy atom. The van der Waals surface area contributed by atoms with Crippen LogP contribution in [0.2, 0.25) is 0 Å². The number of aliphatic carboxylic acids is 1.